The number of hydrogen-bond donors (Lipinski definition) is 1. The number of hydrogen-bond acceptors (Lipinski definition) is 3. The van der Waals surface area contributed by atoms with Crippen LogP contribution in [0.2, 0.25) is 0 Å². The Kier molecular flexibility index (Phi) is 2.59. The Morgan fingerprint density at radius 2 is 2.14 bits per heavy atom. The van der Waals surface area contributed by atoms with Gasteiger partial charge in [0.05, 0.1) is 6.26 Å². The van der Waals surface area contributed by atoms with Crippen LogP contribution in [0.1, 0.15) is 0 Å². The highest BCUT2D eigenvalue weighted by atomic mass is 16.2. The summed E-state index contributed by atoms with van der Waals surface area (Å²) in [6.07, 6.45) is 1.41. The highest BCUT2D eigenvalue weighted by Crippen LogP contribution is 1.64. The molecule has 7 heavy (non-hydrogen) atoms. The van der Waals surface area contributed by atoms with Gasteiger partial charge < -0.3 is 5.11 Å². The molecule has 38 valence electrons. The molecule has 0 saturated heterocycles. The van der Waals surface area contributed by atoms with Crippen LogP contribution in [0.3, 0.4) is 0 Å². The molecule has 0 aromatic heterocycles. The zero-order valence-electron chi connectivity index (χ0n) is 3.50. The minimum Gasteiger partial charge on any atom is -0.515 e. The van der Waals surface area contributed by atoms with Crippen LogP contribution < -0.4 is 0 Å². The summed E-state index contributed by atoms with van der Waals surface area (Å²) < 4.78 is 0. The predicted octanol–water partition coefficient (Wildman–Crippen LogP) is -0.174. The van der Waals surface area contributed by atoms with Crippen molar-refractivity contribution in [2.75, 3.05) is 0 Å². The molecule has 0 aliphatic carbocycles. The number of carbonyl (C=O) groups excluding carboxylic acids is 2. The fourth-order valence-electron chi connectivity index (χ4n) is 0.113. The molecular weight excluding hydrogens is 96.0 g/mol. The first kappa shape index (κ1) is 5.88. The van der Waals surface area contributed by atoms with Crippen LogP contribution in [0, 0.1) is 0 Å². The topological polar surface area (TPSA) is 54.4 Å². The summed E-state index contributed by atoms with van der Waals surface area (Å²) in [5.41, 5.74) is 0. The van der Waals surface area contributed by atoms with Crippen molar-refractivity contribution in [2.24, 2.45) is 0 Å². The molecule has 0 fully saturated rings. The lowest BCUT2D eigenvalue weighted by atomic mass is 10.4. The molecule has 0 aromatic rings. The smallest absolute Gasteiger partial charge is 0.221 e. The molecule has 0 spiro atoms. The SMILES string of the molecule is O=CC(=O)C=CO. The molecule has 0 amide bonds. The summed E-state index contributed by atoms with van der Waals surface area (Å²) in [7, 11) is 0. The van der Waals surface area contributed by atoms with E-state index in [1.165, 1.54) is 0 Å². The van der Waals surface area contributed by atoms with Crippen molar-refractivity contribution < 1.29 is 14.7 Å². The van der Waals surface area contributed by atoms with Crippen molar-refractivity contribution in [3.8, 4) is 0 Å². The van der Waals surface area contributed by atoms with Gasteiger partial charge in [-0.1, -0.05) is 0 Å². The van der Waals surface area contributed by atoms with Crippen LogP contribution in [0.4, 0.5) is 0 Å². The maximum absolute atomic E-state index is 9.80. The average Bonchev–Trinajstić information content (AvgIpc) is 1.68. The monoisotopic (exact) mass is 100 g/mol. The number of ketones is 1. The lowest BCUT2D eigenvalue weighted by Crippen LogP contribution is -1.90. The quantitative estimate of drug-likeness (QED) is 0.227. The zero-order chi connectivity index (χ0) is 5.70. The van der Waals surface area contributed by atoms with E-state index in [-0.39, 0.29) is 6.29 Å². The first-order valence-corrected chi connectivity index (χ1v) is 1.61. The number of allylic oxidation sites excluding steroid dienone is 1. The van der Waals surface area contributed by atoms with Gasteiger partial charge in [-0.3, -0.25) is 9.59 Å². The van der Waals surface area contributed by atoms with E-state index in [0.29, 0.717) is 6.26 Å². The molecule has 0 aromatic carbocycles. The van der Waals surface area contributed by atoms with Gasteiger partial charge in [-0.15, -0.1) is 0 Å². The molecule has 0 aliphatic rings. The van der Waals surface area contributed by atoms with Gasteiger partial charge >= 0.3 is 0 Å². The van der Waals surface area contributed by atoms with Gasteiger partial charge in [0.25, 0.3) is 0 Å². The normalized spacial score (nSPS) is 9.14. The van der Waals surface area contributed by atoms with Crippen LogP contribution in [-0.4, -0.2) is 17.2 Å². The van der Waals surface area contributed by atoms with Crippen LogP contribution in [0.25, 0.3) is 0 Å². The Hall–Kier alpha value is -1.12. The van der Waals surface area contributed by atoms with E-state index >= 15 is 0 Å². The van der Waals surface area contributed by atoms with E-state index < -0.39 is 5.78 Å². The number of carbonyl (C=O) groups is 2. The average molecular weight is 100 g/mol. The molecule has 0 rings (SSSR count). The summed E-state index contributed by atoms with van der Waals surface area (Å²) in [5, 5.41) is 7.81. The summed E-state index contributed by atoms with van der Waals surface area (Å²) in [4.78, 5) is 19.2. The van der Waals surface area contributed by atoms with E-state index in [2.05, 4.69) is 0 Å². The van der Waals surface area contributed by atoms with Gasteiger partial charge in [-0.2, -0.15) is 0 Å². The van der Waals surface area contributed by atoms with Gasteiger partial charge in [0.1, 0.15) is 0 Å². The fraction of sp³-hybridized carbons (Fsp3) is 0. The Morgan fingerprint density at radius 1 is 1.57 bits per heavy atom. The van der Waals surface area contributed by atoms with Gasteiger partial charge in [0.2, 0.25) is 5.78 Å². The third-order valence-electron chi connectivity index (χ3n) is 0.355. The Bertz CT molecular complexity index is 104. The van der Waals surface area contributed by atoms with Crippen molar-refractivity contribution in [3.63, 3.8) is 0 Å². The van der Waals surface area contributed by atoms with Gasteiger partial charge in [0, 0.05) is 6.08 Å². The standard InChI is InChI=1S/C4H4O3/c5-2-1-4(7)3-6/h1-3,5H. The Morgan fingerprint density at radius 3 is 2.29 bits per heavy atom. The van der Waals surface area contributed by atoms with Gasteiger partial charge in [0.15, 0.2) is 6.29 Å². The Balaban J connectivity index is 3.58. The summed E-state index contributed by atoms with van der Waals surface area (Å²) in [6, 6.07) is 0. The van der Waals surface area contributed by atoms with Crippen LogP contribution in [0.15, 0.2) is 12.3 Å². The minimum atomic E-state index is -0.734. The molecule has 3 heteroatoms. The zero-order valence-corrected chi connectivity index (χ0v) is 3.50. The van der Waals surface area contributed by atoms with Crippen LogP contribution in [-0.2, 0) is 9.59 Å². The lowest BCUT2D eigenvalue weighted by Gasteiger charge is -1.68. The number of aliphatic hydroxyl groups excluding tert-OH is 1. The second-order valence-electron chi connectivity index (χ2n) is 0.836. The first-order chi connectivity index (χ1) is 3.31. The van der Waals surface area contributed by atoms with E-state index in [9.17, 15) is 9.59 Å². The van der Waals surface area contributed by atoms with E-state index in [1.807, 2.05) is 0 Å². The molecular formula is C4H4O3. The lowest BCUT2D eigenvalue weighted by molar-refractivity contribution is -0.126. The van der Waals surface area contributed by atoms with Crippen molar-refractivity contribution >= 4 is 12.1 Å². The molecule has 0 atom stereocenters. The van der Waals surface area contributed by atoms with E-state index in [1.54, 1.807) is 0 Å². The molecule has 1 N–H and O–H groups in total. The fourth-order valence-corrected chi connectivity index (χ4v) is 0.113. The highest BCUT2D eigenvalue weighted by molar-refractivity contribution is 6.30. The number of rotatable bonds is 2. The maximum atomic E-state index is 9.80. The molecule has 0 heterocycles. The van der Waals surface area contributed by atoms with Crippen molar-refractivity contribution in [1.29, 1.82) is 0 Å². The predicted molar refractivity (Wildman–Crippen MR) is 22.8 cm³/mol. The highest BCUT2D eigenvalue weighted by Gasteiger charge is 1.85. The second kappa shape index (κ2) is 3.08. The molecule has 0 aliphatic heterocycles. The third kappa shape index (κ3) is 2.69. The second-order valence-corrected chi connectivity index (χ2v) is 0.836. The minimum absolute atomic E-state index is 0.118. The number of aldehydes is 1. The van der Waals surface area contributed by atoms with Gasteiger partial charge in [-0.05, 0) is 0 Å². The van der Waals surface area contributed by atoms with Crippen molar-refractivity contribution in [3.05, 3.63) is 12.3 Å². The molecule has 0 saturated carbocycles. The van der Waals surface area contributed by atoms with Crippen molar-refractivity contribution in [2.45, 2.75) is 0 Å². The van der Waals surface area contributed by atoms with E-state index in [0.717, 1.165) is 6.08 Å². The third-order valence-corrected chi connectivity index (χ3v) is 0.355. The summed E-state index contributed by atoms with van der Waals surface area (Å²) in [6.45, 7) is 0. The largest absolute Gasteiger partial charge is 0.515 e. The Labute approximate surface area is 40.3 Å². The molecule has 0 unspecified atom stereocenters. The number of aliphatic hydroxyl groups is 1. The first-order valence-electron chi connectivity index (χ1n) is 1.61. The molecule has 0 radical (unpaired) electrons. The maximum Gasteiger partial charge on any atom is 0.221 e. The molecule has 3 nitrogen and oxygen atoms in total. The van der Waals surface area contributed by atoms with E-state index in [4.69, 9.17) is 5.11 Å². The van der Waals surface area contributed by atoms with Crippen LogP contribution >= 0.6 is 0 Å². The van der Waals surface area contributed by atoms with Crippen molar-refractivity contribution in [1.82, 2.24) is 0 Å². The summed E-state index contributed by atoms with van der Waals surface area (Å²) in [5.74, 6) is -0.734. The molecule has 0 bridgehead atoms. The van der Waals surface area contributed by atoms with Crippen LogP contribution in [0.5, 0.6) is 0 Å². The van der Waals surface area contributed by atoms with Gasteiger partial charge in [-0.25, -0.2) is 0 Å². The summed E-state index contributed by atoms with van der Waals surface area (Å²) >= 11 is 0.